The van der Waals surface area contributed by atoms with Gasteiger partial charge in [-0.2, -0.15) is 0 Å². The molecule has 0 saturated carbocycles. The van der Waals surface area contributed by atoms with Gasteiger partial charge < -0.3 is 19.5 Å². The van der Waals surface area contributed by atoms with Crippen LogP contribution in [0.25, 0.3) is 11.0 Å². The lowest BCUT2D eigenvalue weighted by Gasteiger charge is -2.33. The predicted molar refractivity (Wildman–Crippen MR) is 127 cm³/mol. The van der Waals surface area contributed by atoms with Gasteiger partial charge >= 0.3 is 6.09 Å². The second kappa shape index (κ2) is 9.42. The number of carbonyl (C=O) groups excluding carboxylic acids is 1. The van der Waals surface area contributed by atoms with Gasteiger partial charge in [-0.3, -0.25) is 14.7 Å². The van der Waals surface area contributed by atoms with Crippen molar-refractivity contribution >= 4 is 23.0 Å². The Morgan fingerprint density at radius 2 is 1.85 bits per heavy atom. The number of carboxylic acid groups (broad SMARTS) is 1. The SMILES string of the molecule is CN(Cc1nc2ccccc2n1CC(=O)N1CCN(C(=O)O)CC1)C1CCCc2cccnc21. The first-order valence-corrected chi connectivity index (χ1v) is 11.8. The topological polar surface area (TPSA) is 94.8 Å². The lowest BCUT2D eigenvalue weighted by atomic mass is 9.91. The number of hydrogen-bond acceptors (Lipinski definition) is 5. The van der Waals surface area contributed by atoms with E-state index in [-0.39, 0.29) is 18.5 Å². The smallest absolute Gasteiger partial charge is 0.407 e. The van der Waals surface area contributed by atoms with Crippen LogP contribution < -0.4 is 0 Å². The van der Waals surface area contributed by atoms with Gasteiger partial charge in [0.05, 0.1) is 29.3 Å². The molecule has 178 valence electrons. The number of aromatic nitrogens is 3. The molecule has 0 spiro atoms. The molecule has 1 aliphatic heterocycles. The molecule has 3 aromatic rings. The number of amides is 2. The quantitative estimate of drug-likeness (QED) is 0.627. The van der Waals surface area contributed by atoms with Crippen LogP contribution in [0.1, 0.15) is 36.0 Å². The fourth-order valence-corrected chi connectivity index (χ4v) is 5.15. The largest absolute Gasteiger partial charge is 0.465 e. The highest BCUT2D eigenvalue weighted by Crippen LogP contribution is 2.33. The number of hydrogen-bond donors (Lipinski definition) is 1. The van der Waals surface area contributed by atoms with Gasteiger partial charge in [0.1, 0.15) is 12.4 Å². The van der Waals surface area contributed by atoms with Crippen LogP contribution in [0.5, 0.6) is 0 Å². The Morgan fingerprint density at radius 3 is 2.65 bits per heavy atom. The summed E-state index contributed by atoms with van der Waals surface area (Å²) >= 11 is 0. The molecule has 0 radical (unpaired) electrons. The molecule has 1 unspecified atom stereocenters. The summed E-state index contributed by atoms with van der Waals surface area (Å²) in [5.41, 5.74) is 4.27. The van der Waals surface area contributed by atoms with E-state index >= 15 is 0 Å². The third-order valence-corrected chi connectivity index (χ3v) is 7.02. The van der Waals surface area contributed by atoms with E-state index in [0.29, 0.717) is 32.7 Å². The van der Waals surface area contributed by atoms with Crippen LogP contribution in [-0.2, 0) is 24.3 Å². The molecule has 2 amide bonds. The fourth-order valence-electron chi connectivity index (χ4n) is 5.15. The normalized spacial score (nSPS) is 18.4. The molecule has 2 aromatic heterocycles. The van der Waals surface area contributed by atoms with Crippen molar-refractivity contribution in [2.45, 2.75) is 38.4 Å². The molecule has 0 bridgehead atoms. The number of piperazine rings is 1. The molecule has 1 saturated heterocycles. The molecule has 2 aliphatic rings. The molecule has 1 fully saturated rings. The van der Waals surface area contributed by atoms with Crippen LogP contribution in [0.4, 0.5) is 4.79 Å². The number of benzene rings is 1. The number of nitrogens with zero attached hydrogens (tertiary/aromatic N) is 6. The molecule has 1 atom stereocenters. The summed E-state index contributed by atoms with van der Waals surface area (Å²) in [5, 5.41) is 9.18. The van der Waals surface area contributed by atoms with E-state index in [1.165, 1.54) is 10.5 Å². The maximum absolute atomic E-state index is 13.2. The molecule has 3 heterocycles. The van der Waals surface area contributed by atoms with Crippen molar-refractivity contribution in [2.75, 3.05) is 33.2 Å². The van der Waals surface area contributed by atoms with Crippen LogP contribution in [0.2, 0.25) is 0 Å². The summed E-state index contributed by atoms with van der Waals surface area (Å²) in [4.78, 5) is 39.3. The van der Waals surface area contributed by atoms with Crippen molar-refractivity contribution in [2.24, 2.45) is 0 Å². The molecule has 1 N–H and O–H groups in total. The summed E-state index contributed by atoms with van der Waals surface area (Å²) in [6, 6.07) is 12.3. The lowest BCUT2D eigenvalue weighted by Crippen LogP contribution is -2.51. The highest BCUT2D eigenvalue weighted by Gasteiger charge is 2.28. The number of para-hydroxylation sites is 2. The third kappa shape index (κ3) is 4.35. The number of rotatable bonds is 5. The predicted octanol–water partition coefficient (Wildman–Crippen LogP) is 2.76. The van der Waals surface area contributed by atoms with Gasteiger partial charge in [-0.25, -0.2) is 9.78 Å². The van der Waals surface area contributed by atoms with Crippen molar-refractivity contribution in [3.63, 3.8) is 0 Å². The van der Waals surface area contributed by atoms with Gasteiger partial charge in [-0.15, -0.1) is 0 Å². The number of imidazole rings is 1. The van der Waals surface area contributed by atoms with Crippen molar-refractivity contribution in [3.05, 3.63) is 59.7 Å². The van der Waals surface area contributed by atoms with Crippen LogP contribution in [0.3, 0.4) is 0 Å². The lowest BCUT2D eigenvalue weighted by molar-refractivity contribution is -0.133. The molecule has 9 heteroatoms. The zero-order valence-corrected chi connectivity index (χ0v) is 19.4. The first kappa shape index (κ1) is 22.3. The van der Waals surface area contributed by atoms with Gasteiger partial charge in [-0.05, 0) is 50.1 Å². The van der Waals surface area contributed by atoms with Crippen molar-refractivity contribution < 1.29 is 14.7 Å². The minimum Gasteiger partial charge on any atom is -0.465 e. The summed E-state index contributed by atoms with van der Waals surface area (Å²) in [7, 11) is 2.10. The average molecular weight is 463 g/mol. The Labute approximate surface area is 198 Å². The maximum Gasteiger partial charge on any atom is 0.407 e. The molecule has 1 aliphatic carbocycles. The standard InChI is InChI=1S/C25H30N6O3/c1-28(21-10-4-6-18-7-5-11-26-24(18)21)16-22-27-19-8-2-3-9-20(19)31(22)17-23(32)29-12-14-30(15-13-29)25(33)34/h2-3,5,7-9,11,21H,4,6,10,12-17H2,1H3,(H,33,34). The van der Waals surface area contributed by atoms with E-state index in [0.717, 1.165) is 41.8 Å². The number of aryl methyl sites for hydroxylation is 1. The average Bonchev–Trinajstić information content (AvgIpc) is 3.20. The second-order valence-corrected chi connectivity index (χ2v) is 9.12. The summed E-state index contributed by atoms with van der Waals surface area (Å²) < 4.78 is 2.01. The van der Waals surface area contributed by atoms with E-state index in [4.69, 9.17) is 4.98 Å². The highest BCUT2D eigenvalue weighted by molar-refractivity contribution is 5.81. The van der Waals surface area contributed by atoms with Crippen molar-refractivity contribution in [3.8, 4) is 0 Å². The number of fused-ring (bicyclic) bond motifs is 2. The number of carbonyl (C=O) groups is 2. The Balaban J connectivity index is 1.37. The monoisotopic (exact) mass is 462 g/mol. The van der Waals surface area contributed by atoms with Gasteiger partial charge in [0.25, 0.3) is 0 Å². The molecular weight excluding hydrogens is 432 g/mol. The Bertz CT molecular complexity index is 1200. The van der Waals surface area contributed by atoms with E-state index in [1.807, 2.05) is 41.1 Å². The van der Waals surface area contributed by atoms with Crippen molar-refractivity contribution in [1.29, 1.82) is 0 Å². The summed E-state index contributed by atoms with van der Waals surface area (Å²) in [6.07, 6.45) is 4.17. The molecular formula is C25H30N6O3. The molecule has 1 aromatic carbocycles. The van der Waals surface area contributed by atoms with Gasteiger partial charge in [0, 0.05) is 32.4 Å². The van der Waals surface area contributed by atoms with E-state index in [2.05, 4.69) is 23.0 Å². The number of pyridine rings is 1. The zero-order valence-electron chi connectivity index (χ0n) is 19.4. The first-order chi connectivity index (χ1) is 16.5. The molecule has 9 nitrogen and oxygen atoms in total. The Morgan fingerprint density at radius 1 is 1.09 bits per heavy atom. The van der Waals surface area contributed by atoms with Crippen LogP contribution >= 0.6 is 0 Å². The van der Waals surface area contributed by atoms with Gasteiger partial charge in [-0.1, -0.05) is 18.2 Å². The summed E-state index contributed by atoms with van der Waals surface area (Å²) in [5.74, 6) is 0.839. The minimum atomic E-state index is -0.934. The van der Waals surface area contributed by atoms with Crippen molar-refractivity contribution in [1.82, 2.24) is 29.2 Å². The molecule has 5 rings (SSSR count). The van der Waals surface area contributed by atoms with Gasteiger partial charge in [0.2, 0.25) is 5.91 Å². The van der Waals surface area contributed by atoms with E-state index in [1.54, 1.807) is 4.90 Å². The third-order valence-electron chi connectivity index (χ3n) is 7.02. The van der Waals surface area contributed by atoms with Crippen LogP contribution in [-0.4, -0.2) is 79.6 Å². The van der Waals surface area contributed by atoms with Gasteiger partial charge in [0.15, 0.2) is 0 Å². The molecule has 34 heavy (non-hydrogen) atoms. The Hall–Kier alpha value is -3.46. The minimum absolute atomic E-state index is 0.0122. The maximum atomic E-state index is 13.2. The zero-order chi connectivity index (χ0) is 23.7. The highest BCUT2D eigenvalue weighted by atomic mass is 16.4. The summed E-state index contributed by atoms with van der Waals surface area (Å²) in [6.45, 7) is 2.31. The van der Waals surface area contributed by atoms with Crippen LogP contribution in [0, 0.1) is 0 Å². The first-order valence-electron chi connectivity index (χ1n) is 11.8. The Kier molecular flexibility index (Phi) is 6.19. The fraction of sp³-hybridized carbons (Fsp3) is 0.440. The van der Waals surface area contributed by atoms with Crippen LogP contribution in [0.15, 0.2) is 42.6 Å². The van der Waals surface area contributed by atoms with E-state index in [9.17, 15) is 14.7 Å². The second-order valence-electron chi connectivity index (χ2n) is 9.12. The van der Waals surface area contributed by atoms with E-state index < -0.39 is 6.09 Å².